The zero-order valence-corrected chi connectivity index (χ0v) is 14.2. The molecule has 0 unspecified atom stereocenters. The molecule has 2 aromatic carbocycles. The number of thioether (sulfide) groups is 1. The molecule has 0 radical (unpaired) electrons. The number of hydrogen-bond acceptors (Lipinski definition) is 5. The smallest absolute Gasteiger partial charge is 0.237 e. The molecule has 5 nitrogen and oxygen atoms in total. The van der Waals surface area contributed by atoms with E-state index in [0.29, 0.717) is 11.4 Å². The van der Waals surface area contributed by atoms with E-state index < -0.39 is 0 Å². The lowest BCUT2D eigenvalue weighted by molar-refractivity contribution is -0.115. The van der Waals surface area contributed by atoms with Crippen LogP contribution in [0.1, 0.15) is 6.92 Å². The van der Waals surface area contributed by atoms with Crippen molar-refractivity contribution in [3.05, 3.63) is 54.9 Å². The van der Waals surface area contributed by atoms with E-state index in [1.54, 1.807) is 7.11 Å². The van der Waals surface area contributed by atoms with Crippen LogP contribution in [-0.4, -0.2) is 28.2 Å². The van der Waals surface area contributed by atoms with Crippen molar-refractivity contribution in [2.24, 2.45) is 0 Å². The fraction of sp³-hybridized carbons (Fsp3) is 0.167. The van der Waals surface area contributed by atoms with Crippen molar-refractivity contribution >= 4 is 34.3 Å². The van der Waals surface area contributed by atoms with Crippen LogP contribution in [0.25, 0.3) is 10.9 Å². The summed E-state index contributed by atoms with van der Waals surface area (Å²) in [5.41, 5.74) is 1.53. The van der Waals surface area contributed by atoms with Gasteiger partial charge in [0.1, 0.15) is 17.1 Å². The van der Waals surface area contributed by atoms with Crippen molar-refractivity contribution in [1.29, 1.82) is 0 Å². The van der Waals surface area contributed by atoms with E-state index in [0.717, 1.165) is 15.9 Å². The third-order valence-corrected chi connectivity index (χ3v) is 4.64. The second-order valence-corrected chi connectivity index (χ2v) is 6.48. The third kappa shape index (κ3) is 3.49. The zero-order valence-electron chi connectivity index (χ0n) is 13.4. The summed E-state index contributed by atoms with van der Waals surface area (Å²) in [6.45, 7) is 1.85. The lowest BCUT2D eigenvalue weighted by Crippen LogP contribution is -2.22. The predicted molar refractivity (Wildman–Crippen MR) is 96.5 cm³/mol. The Balaban J connectivity index is 1.76. The molecule has 0 aliphatic carbocycles. The van der Waals surface area contributed by atoms with E-state index in [4.69, 9.17) is 4.74 Å². The Bertz CT molecular complexity index is 864. The van der Waals surface area contributed by atoms with Crippen LogP contribution in [0, 0.1) is 0 Å². The highest BCUT2D eigenvalue weighted by molar-refractivity contribution is 8.00. The molecule has 0 fully saturated rings. The van der Waals surface area contributed by atoms with E-state index in [-0.39, 0.29) is 11.2 Å². The highest BCUT2D eigenvalue weighted by atomic mass is 32.2. The molecule has 1 aromatic heterocycles. The number of rotatable bonds is 5. The summed E-state index contributed by atoms with van der Waals surface area (Å²) in [4.78, 5) is 21.1. The molecular weight excluding hydrogens is 322 g/mol. The lowest BCUT2D eigenvalue weighted by Gasteiger charge is -2.14. The minimum absolute atomic E-state index is 0.104. The second kappa shape index (κ2) is 7.31. The number of nitrogens with one attached hydrogen (secondary N) is 1. The number of benzene rings is 2. The summed E-state index contributed by atoms with van der Waals surface area (Å²) in [7, 11) is 1.58. The van der Waals surface area contributed by atoms with Crippen molar-refractivity contribution in [1.82, 2.24) is 9.97 Å². The van der Waals surface area contributed by atoms with Crippen LogP contribution in [-0.2, 0) is 4.79 Å². The Labute approximate surface area is 144 Å². The van der Waals surface area contributed by atoms with Crippen LogP contribution in [0.4, 0.5) is 5.69 Å². The van der Waals surface area contributed by atoms with Crippen LogP contribution in [0.5, 0.6) is 5.75 Å². The summed E-state index contributed by atoms with van der Waals surface area (Å²) < 4.78 is 5.26. The monoisotopic (exact) mass is 339 g/mol. The molecule has 3 rings (SSSR count). The first-order valence-electron chi connectivity index (χ1n) is 7.49. The molecule has 0 spiro atoms. The fourth-order valence-corrected chi connectivity index (χ4v) is 3.19. The first-order valence-corrected chi connectivity index (χ1v) is 8.37. The van der Waals surface area contributed by atoms with Crippen LogP contribution < -0.4 is 10.1 Å². The minimum atomic E-state index is -0.312. The number of anilines is 1. The average Bonchev–Trinajstić information content (AvgIpc) is 2.62. The van der Waals surface area contributed by atoms with Crippen molar-refractivity contribution in [2.75, 3.05) is 12.4 Å². The average molecular weight is 339 g/mol. The Kier molecular flexibility index (Phi) is 4.96. The molecule has 0 aliphatic heterocycles. The van der Waals surface area contributed by atoms with Crippen molar-refractivity contribution in [3.63, 3.8) is 0 Å². The highest BCUT2D eigenvalue weighted by Gasteiger charge is 2.18. The van der Waals surface area contributed by atoms with E-state index in [1.165, 1.54) is 18.1 Å². The van der Waals surface area contributed by atoms with Gasteiger partial charge < -0.3 is 10.1 Å². The van der Waals surface area contributed by atoms with Gasteiger partial charge in [-0.15, -0.1) is 0 Å². The van der Waals surface area contributed by atoms with Crippen molar-refractivity contribution in [2.45, 2.75) is 17.2 Å². The van der Waals surface area contributed by atoms with Gasteiger partial charge in [0.15, 0.2) is 0 Å². The van der Waals surface area contributed by atoms with Gasteiger partial charge in [-0.05, 0) is 25.1 Å². The van der Waals surface area contributed by atoms with Gasteiger partial charge in [0.25, 0.3) is 0 Å². The van der Waals surface area contributed by atoms with Gasteiger partial charge in [-0.2, -0.15) is 0 Å². The summed E-state index contributed by atoms with van der Waals surface area (Å²) >= 11 is 1.41. The van der Waals surface area contributed by atoms with E-state index in [1.807, 2.05) is 55.5 Å². The zero-order chi connectivity index (χ0) is 16.9. The molecule has 0 saturated carbocycles. The van der Waals surface area contributed by atoms with E-state index >= 15 is 0 Å². The summed E-state index contributed by atoms with van der Waals surface area (Å²) in [6.07, 6.45) is 1.52. The van der Waals surface area contributed by atoms with Gasteiger partial charge in [-0.25, -0.2) is 9.97 Å². The second-order valence-electron chi connectivity index (χ2n) is 5.15. The topological polar surface area (TPSA) is 64.1 Å². The summed E-state index contributed by atoms with van der Waals surface area (Å²) in [5, 5.41) is 4.33. The standard InChI is InChI=1S/C18H17N3O2S/c1-12(17(22)21-15-9-5-6-10-16(15)23-2)24-18-13-7-3-4-8-14(13)19-11-20-18/h3-12H,1-2H3,(H,21,22)/t12-/m0/s1. The molecule has 1 amide bonds. The molecule has 1 N–H and O–H groups in total. The largest absolute Gasteiger partial charge is 0.495 e. The maximum absolute atomic E-state index is 12.5. The Morgan fingerprint density at radius 2 is 1.88 bits per heavy atom. The highest BCUT2D eigenvalue weighted by Crippen LogP contribution is 2.29. The molecule has 0 bridgehead atoms. The Morgan fingerprint density at radius 3 is 2.71 bits per heavy atom. The van der Waals surface area contributed by atoms with Crippen LogP contribution >= 0.6 is 11.8 Å². The SMILES string of the molecule is COc1ccccc1NC(=O)[C@H](C)Sc1ncnc2ccccc12. The maximum atomic E-state index is 12.5. The van der Waals surface area contributed by atoms with E-state index in [2.05, 4.69) is 15.3 Å². The number of fused-ring (bicyclic) bond motifs is 1. The lowest BCUT2D eigenvalue weighted by atomic mass is 10.2. The number of nitrogens with zero attached hydrogens (tertiary/aromatic N) is 2. The van der Waals surface area contributed by atoms with Crippen LogP contribution in [0.3, 0.4) is 0 Å². The minimum Gasteiger partial charge on any atom is -0.495 e. The first kappa shape index (κ1) is 16.3. The van der Waals surface area contributed by atoms with Gasteiger partial charge in [0.2, 0.25) is 5.91 Å². The van der Waals surface area contributed by atoms with Gasteiger partial charge in [0, 0.05) is 5.39 Å². The first-order chi connectivity index (χ1) is 11.7. The third-order valence-electron chi connectivity index (χ3n) is 3.53. The number of methoxy groups -OCH3 is 1. The fourth-order valence-electron chi connectivity index (χ4n) is 2.28. The van der Waals surface area contributed by atoms with Gasteiger partial charge in [-0.1, -0.05) is 42.1 Å². The number of amides is 1. The number of hydrogen-bond donors (Lipinski definition) is 1. The molecule has 0 aliphatic rings. The number of aromatic nitrogens is 2. The van der Waals surface area contributed by atoms with E-state index in [9.17, 15) is 4.79 Å². The van der Waals surface area contributed by atoms with Crippen LogP contribution in [0.2, 0.25) is 0 Å². The number of para-hydroxylation sites is 3. The number of carbonyl (C=O) groups is 1. The molecule has 0 saturated heterocycles. The molecular formula is C18H17N3O2S. The Morgan fingerprint density at radius 1 is 1.12 bits per heavy atom. The molecule has 122 valence electrons. The van der Waals surface area contributed by atoms with Crippen molar-refractivity contribution < 1.29 is 9.53 Å². The normalized spacial score (nSPS) is 11.9. The molecule has 1 heterocycles. The van der Waals surface area contributed by atoms with Gasteiger partial charge >= 0.3 is 0 Å². The maximum Gasteiger partial charge on any atom is 0.237 e. The van der Waals surface area contributed by atoms with Gasteiger partial charge in [-0.3, -0.25) is 4.79 Å². The van der Waals surface area contributed by atoms with Crippen molar-refractivity contribution in [3.8, 4) is 5.75 Å². The number of carbonyl (C=O) groups excluding carboxylic acids is 1. The molecule has 1 atom stereocenters. The van der Waals surface area contributed by atoms with Crippen LogP contribution in [0.15, 0.2) is 59.9 Å². The quantitative estimate of drug-likeness (QED) is 0.566. The molecule has 3 aromatic rings. The number of ether oxygens (including phenoxy) is 1. The molecule has 6 heteroatoms. The molecule has 24 heavy (non-hydrogen) atoms. The van der Waals surface area contributed by atoms with Gasteiger partial charge in [0.05, 0.1) is 23.6 Å². The summed E-state index contributed by atoms with van der Waals surface area (Å²) in [5.74, 6) is 0.530. The Hall–Kier alpha value is -2.60. The summed E-state index contributed by atoms with van der Waals surface area (Å²) in [6, 6.07) is 15.1. The predicted octanol–water partition coefficient (Wildman–Crippen LogP) is 3.76.